The predicted molar refractivity (Wildman–Crippen MR) is 97.3 cm³/mol. The number of aliphatic hydroxyl groups is 1. The van der Waals surface area contributed by atoms with Gasteiger partial charge < -0.3 is 28.8 Å². The molecule has 0 radical (unpaired) electrons. The summed E-state index contributed by atoms with van der Waals surface area (Å²) in [5, 5.41) is 10.9. The van der Waals surface area contributed by atoms with Crippen LogP contribution in [0.15, 0.2) is 60.7 Å². The first kappa shape index (κ1) is 19.0. The SMILES string of the molecule is CO[C@H]1O[C@@H]2CO[C@H](c3ccccc3)O[C@@H]2[C@H](O)[C@H]1OC(=O)c1ccccc1. The van der Waals surface area contributed by atoms with E-state index < -0.39 is 43.0 Å². The highest BCUT2D eigenvalue weighted by atomic mass is 16.8. The highest BCUT2D eigenvalue weighted by Gasteiger charge is 2.51. The first-order valence-electron chi connectivity index (χ1n) is 9.11. The van der Waals surface area contributed by atoms with Crippen molar-refractivity contribution in [1.82, 2.24) is 0 Å². The van der Waals surface area contributed by atoms with Gasteiger partial charge in [0.1, 0.15) is 18.3 Å². The number of esters is 1. The molecule has 2 aliphatic rings. The fourth-order valence-electron chi connectivity index (χ4n) is 3.43. The lowest BCUT2D eigenvalue weighted by Crippen LogP contribution is -2.63. The van der Waals surface area contributed by atoms with Crippen LogP contribution >= 0.6 is 0 Å². The Bertz CT molecular complexity index is 782. The smallest absolute Gasteiger partial charge is 0.338 e. The molecular weight excluding hydrogens is 364 g/mol. The van der Waals surface area contributed by atoms with Crippen molar-refractivity contribution in [3.63, 3.8) is 0 Å². The van der Waals surface area contributed by atoms with Crippen LogP contribution in [-0.4, -0.2) is 55.5 Å². The molecule has 1 N–H and O–H groups in total. The maximum Gasteiger partial charge on any atom is 0.338 e. The van der Waals surface area contributed by atoms with Crippen LogP contribution in [0.2, 0.25) is 0 Å². The molecule has 0 spiro atoms. The van der Waals surface area contributed by atoms with E-state index in [0.29, 0.717) is 5.56 Å². The summed E-state index contributed by atoms with van der Waals surface area (Å²) in [6, 6.07) is 18.0. The second kappa shape index (κ2) is 8.38. The van der Waals surface area contributed by atoms with Gasteiger partial charge in [0.05, 0.1) is 12.2 Å². The molecule has 2 aromatic rings. The third kappa shape index (κ3) is 3.80. The summed E-state index contributed by atoms with van der Waals surface area (Å²) < 4.78 is 28.4. The maximum absolute atomic E-state index is 12.5. The largest absolute Gasteiger partial charge is 0.450 e. The zero-order valence-corrected chi connectivity index (χ0v) is 15.3. The lowest BCUT2D eigenvalue weighted by molar-refractivity contribution is -0.357. The van der Waals surface area contributed by atoms with E-state index in [0.717, 1.165) is 5.56 Å². The fraction of sp³-hybridized carbons (Fsp3) is 0.381. The number of carbonyl (C=O) groups is 1. The van der Waals surface area contributed by atoms with Crippen LogP contribution in [-0.2, 0) is 23.7 Å². The van der Waals surface area contributed by atoms with Crippen molar-refractivity contribution in [3.8, 4) is 0 Å². The van der Waals surface area contributed by atoms with Crippen LogP contribution in [0.1, 0.15) is 22.2 Å². The number of rotatable bonds is 4. The minimum atomic E-state index is -1.13. The van der Waals surface area contributed by atoms with E-state index in [1.54, 1.807) is 30.3 Å². The van der Waals surface area contributed by atoms with E-state index >= 15 is 0 Å². The Morgan fingerprint density at radius 2 is 1.71 bits per heavy atom. The lowest BCUT2D eigenvalue weighted by atomic mass is 9.97. The van der Waals surface area contributed by atoms with Gasteiger partial charge in [-0.3, -0.25) is 0 Å². The van der Waals surface area contributed by atoms with Crippen molar-refractivity contribution in [1.29, 1.82) is 0 Å². The van der Waals surface area contributed by atoms with Crippen LogP contribution in [0, 0.1) is 0 Å². The van der Waals surface area contributed by atoms with Gasteiger partial charge in [-0.05, 0) is 12.1 Å². The van der Waals surface area contributed by atoms with Crippen molar-refractivity contribution < 1.29 is 33.6 Å². The van der Waals surface area contributed by atoms with Crippen molar-refractivity contribution >= 4 is 5.97 Å². The normalized spacial score (nSPS) is 32.4. The molecule has 7 heteroatoms. The molecule has 0 amide bonds. The molecule has 0 saturated carbocycles. The highest BCUT2D eigenvalue weighted by Crippen LogP contribution is 2.35. The molecular formula is C21H22O7. The van der Waals surface area contributed by atoms with Crippen molar-refractivity contribution in [3.05, 3.63) is 71.8 Å². The molecule has 2 aliphatic heterocycles. The summed E-state index contributed by atoms with van der Waals surface area (Å²) in [6.45, 7) is 0.223. The molecule has 2 fully saturated rings. The number of carbonyl (C=O) groups excluding carboxylic acids is 1. The zero-order chi connectivity index (χ0) is 19.5. The summed E-state index contributed by atoms with van der Waals surface area (Å²) in [7, 11) is 1.43. The number of benzene rings is 2. The molecule has 0 aliphatic carbocycles. The first-order chi connectivity index (χ1) is 13.7. The van der Waals surface area contributed by atoms with E-state index in [1.165, 1.54) is 7.11 Å². The molecule has 2 aromatic carbocycles. The molecule has 2 saturated heterocycles. The second-order valence-electron chi connectivity index (χ2n) is 6.68. The number of fused-ring (bicyclic) bond motifs is 1. The third-order valence-electron chi connectivity index (χ3n) is 4.87. The van der Waals surface area contributed by atoms with Gasteiger partial charge in [-0.1, -0.05) is 48.5 Å². The molecule has 148 valence electrons. The second-order valence-corrected chi connectivity index (χ2v) is 6.68. The summed E-state index contributed by atoms with van der Waals surface area (Å²) in [5.74, 6) is -0.569. The number of hydrogen-bond donors (Lipinski definition) is 1. The number of methoxy groups -OCH3 is 1. The fourth-order valence-corrected chi connectivity index (χ4v) is 3.43. The van der Waals surface area contributed by atoms with Gasteiger partial charge in [-0.15, -0.1) is 0 Å². The molecule has 0 bridgehead atoms. The summed E-state index contributed by atoms with van der Waals surface area (Å²) in [6.07, 6.45) is -4.99. The van der Waals surface area contributed by atoms with E-state index in [1.807, 2.05) is 30.3 Å². The molecule has 7 nitrogen and oxygen atoms in total. The minimum Gasteiger partial charge on any atom is -0.450 e. The quantitative estimate of drug-likeness (QED) is 0.806. The Morgan fingerprint density at radius 3 is 2.39 bits per heavy atom. The predicted octanol–water partition coefficient (Wildman–Crippen LogP) is 2.06. The van der Waals surface area contributed by atoms with Crippen molar-refractivity contribution in [2.75, 3.05) is 13.7 Å². The standard InChI is InChI=1S/C21H22O7/c1-24-21-18(27-19(23)13-8-4-2-5-9-13)16(22)17-15(26-21)12-25-20(28-17)14-10-6-3-7-11-14/h2-11,15-18,20-22H,12H2,1H3/t15-,16+,17+,18-,20+,21+/m1/s1. The first-order valence-corrected chi connectivity index (χ1v) is 9.11. The number of ether oxygens (including phenoxy) is 5. The molecule has 2 heterocycles. The summed E-state index contributed by atoms with van der Waals surface area (Å²) >= 11 is 0. The third-order valence-corrected chi connectivity index (χ3v) is 4.87. The van der Waals surface area contributed by atoms with E-state index in [4.69, 9.17) is 23.7 Å². The monoisotopic (exact) mass is 386 g/mol. The minimum absolute atomic E-state index is 0.223. The Hall–Kier alpha value is -2.29. The molecule has 4 rings (SSSR count). The molecule has 0 unspecified atom stereocenters. The average molecular weight is 386 g/mol. The Morgan fingerprint density at radius 1 is 1.04 bits per heavy atom. The van der Waals surface area contributed by atoms with Crippen LogP contribution in [0.25, 0.3) is 0 Å². The average Bonchev–Trinajstić information content (AvgIpc) is 2.76. The van der Waals surface area contributed by atoms with Gasteiger partial charge >= 0.3 is 5.97 Å². The van der Waals surface area contributed by atoms with E-state index in [-0.39, 0.29) is 6.61 Å². The Labute approximate surface area is 162 Å². The Kier molecular flexibility index (Phi) is 5.70. The van der Waals surface area contributed by atoms with Gasteiger partial charge in [0, 0.05) is 12.7 Å². The molecule has 0 aromatic heterocycles. The van der Waals surface area contributed by atoms with Gasteiger partial charge in [0.15, 0.2) is 18.7 Å². The number of hydrogen-bond acceptors (Lipinski definition) is 7. The van der Waals surface area contributed by atoms with Crippen molar-refractivity contribution in [2.45, 2.75) is 37.0 Å². The van der Waals surface area contributed by atoms with E-state index in [9.17, 15) is 9.90 Å². The van der Waals surface area contributed by atoms with Gasteiger partial charge in [-0.2, -0.15) is 0 Å². The topological polar surface area (TPSA) is 83.5 Å². The van der Waals surface area contributed by atoms with Gasteiger partial charge in [-0.25, -0.2) is 4.79 Å². The van der Waals surface area contributed by atoms with Crippen LogP contribution < -0.4 is 0 Å². The van der Waals surface area contributed by atoms with Crippen LogP contribution in [0.3, 0.4) is 0 Å². The summed E-state index contributed by atoms with van der Waals surface area (Å²) in [4.78, 5) is 12.5. The van der Waals surface area contributed by atoms with Crippen molar-refractivity contribution in [2.24, 2.45) is 0 Å². The molecule has 28 heavy (non-hydrogen) atoms. The summed E-state index contributed by atoms with van der Waals surface area (Å²) in [5.41, 5.74) is 1.21. The Balaban J connectivity index is 1.50. The molecule has 6 atom stereocenters. The van der Waals surface area contributed by atoms with Gasteiger partial charge in [0.2, 0.25) is 0 Å². The zero-order valence-electron chi connectivity index (χ0n) is 15.3. The van der Waals surface area contributed by atoms with Crippen LogP contribution in [0.4, 0.5) is 0 Å². The van der Waals surface area contributed by atoms with E-state index in [2.05, 4.69) is 0 Å². The highest BCUT2D eigenvalue weighted by molar-refractivity contribution is 5.89. The lowest BCUT2D eigenvalue weighted by Gasteiger charge is -2.46. The van der Waals surface area contributed by atoms with Gasteiger partial charge in [0.25, 0.3) is 0 Å². The number of aliphatic hydroxyl groups excluding tert-OH is 1. The van der Waals surface area contributed by atoms with Crippen LogP contribution in [0.5, 0.6) is 0 Å². The maximum atomic E-state index is 12.5.